The number of benzene rings is 1. The molecule has 1 N–H and O–H groups in total. The fourth-order valence-electron chi connectivity index (χ4n) is 1.55. The van der Waals surface area contributed by atoms with Gasteiger partial charge in [0.2, 0.25) is 0 Å². The number of halogens is 2. The van der Waals surface area contributed by atoms with Gasteiger partial charge in [-0.05, 0) is 25.1 Å². The number of rotatable bonds is 4. The Morgan fingerprint density at radius 3 is 2.84 bits per heavy atom. The molecule has 1 aromatic carbocycles. The van der Waals surface area contributed by atoms with E-state index in [1.807, 2.05) is 6.92 Å². The molecule has 100 valence electrons. The van der Waals surface area contributed by atoms with Crippen LogP contribution in [0.15, 0.2) is 29.6 Å². The van der Waals surface area contributed by atoms with Crippen molar-refractivity contribution in [3.05, 3.63) is 40.1 Å². The van der Waals surface area contributed by atoms with E-state index in [9.17, 15) is 4.79 Å². The van der Waals surface area contributed by atoms with Crippen molar-refractivity contribution in [2.24, 2.45) is 0 Å². The Kier molecular flexibility index (Phi) is 4.39. The molecule has 1 heterocycles. The highest BCUT2D eigenvalue weighted by Crippen LogP contribution is 2.28. The molecule has 0 aliphatic carbocycles. The van der Waals surface area contributed by atoms with Gasteiger partial charge < -0.3 is 5.11 Å². The fourth-order valence-corrected chi connectivity index (χ4v) is 2.80. The van der Waals surface area contributed by atoms with E-state index in [0.29, 0.717) is 15.2 Å². The average molecular weight is 317 g/mol. The summed E-state index contributed by atoms with van der Waals surface area (Å²) in [5, 5.41) is 10.4. The van der Waals surface area contributed by atoms with Crippen molar-refractivity contribution in [3.63, 3.8) is 0 Å². The highest BCUT2D eigenvalue weighted by molar-refractivity contribution is 7.99. The number of aromatic nitrogens is 2. The molecule has 0 aliphatic rings. The third-order valence-corrected chi connectivity index (χ3v) is 3.76. The van der Waals surface area contributed by atoms with Crippen LogP contribution in [-0.2, 0) is 4.79 Å². The van der Waals surface area contributed by atoms with E-state index < -0.39 is 5.97 Å². The Morgan fingerprint density at radius 1 is 1.47 bits per heavy atom. The van der Waals surface area contributed by atoms with Crippen molar-refractivity contribution in [2.75, 3.05) is 5.75 Å². The minimum absolute atomic E-state index is 0.0539. The first-order valence-electron chi connectivity index (χ1n) is 5.33. The molecular formula is C12H10Cl2N2O2S. The van der Waals surface area contributed by atoms with Gasteiger partial charge in [0.05, 0.1) is 22.2 Å². The molecule has 19 heavy (non-hydrogen) atoms. The van der Waals surface area contributed by atoms with E-state index >= 15 is 0 Å². The molecule has 0 aliphatic heterocycles. The summed E-state index contributed by atoms with van der Waals surface area (Å²) in [6, 6.07) is 5.14. The summed E-state index contributed by atoms with van der Waals surface area (Å²) in [5.41, 5.74) is 1.51. The van der Waals surface area contributed by atoms with Gasteiger partial charge in [-0.1, -0.05) is 35.0 Å². The number of aliphatic carboxylic acids is 1. The van der Waals surface area contributed by atoms with Gasteiger partial charge in [0.1, 0.15) is 0 Å². The largest absolute Gasteiger partial charge is 0.481 e. The van der Waals surface area contributed by atoms with Crippen molar-refractivity contribution in [1.29, 1.82) is 0 Å². The Balaban J connectivity index is 2.40. The molecule has 2 aromatic rings. The molecule has 0 amide bonds. The lowest BCUT2D eigenvalue weighted by atomic mass is 10.3. The third-order valence-electron chi connectivity index (χ3n) is 2.29. The third kappa shape index (κ3) is 3.43. The van der Waals surface area contributed by atoms with Crippen LogP contribution in [0.1, 0.15) is 5.69 Å². The van der Waals surface area contributed by atoms with E-state index in [4.69, 9.17) is 28.3 Å². The number of hydrogen-bond acceptors (Lipinski definition) is 3. The lowest BCUT2D eigenvalue weighted by molar-refractivity contribution is -0.133. The zero-order valence-electron chi connectivity index (χ0n) is 9.93. The van der Waals surface area contributed by atoms with Crippen molar-refractivity contribution >= 4 is 40.9 Å². The maximum absolute atomic E-state index is 10.6. The zero-order valence-corrected chi connectivity index (χ0v) is 12.3. The number of carbonyl (C=O) groups is 1. The maximum atomic E-state index is 10.6. The van der Waals surface area contributed by atoms with Gasteiger partial charge in [-0.2, -0.15) is 0 Å². The second-order valence-corrected chi connectivity index (χ2v) is 5.60. The monoisotopic (exact) mass is 316 g/mol. The van der Waals surface area contributed by atoms with Gasteiger partial charge in [-0.15, -0.1) is 0 Å². The number of hydrogen-bond donors (Lipinski definition) is 1. The minimum atomic E-state index is -0.889. The van der Waals surface area contributed by atoms with Crippen LogP contribution in [0.2, 0.25) is 10.0 Å². The standard InChI is InChI=1S/C12H10Cl2N2O2S/c1-7-5-16(12(15-7)19-6-11(17)18)10-3-2-8(13)4-9(10)14/h2-5H,6H2,1H3,(H,17,18). The summed E-state index contributed by atoms with van der Waals surface area (Å²) in [6.45, 7) is 1.84. The van der Waals surface area contributed by atoms with Crippen LogP contribution >= 0.6 is 35.0 Å². The number of imidazole rings is 1. The molecule has 0 unspecified atom stereocenters. The number of aryl methyl sites for hydroxylation is 1. The van der Waals surface area contributed by atoms with Crippen LogP contribution in [0.4, 0.5) is 0 Å². The molecule has 7 heteroatoms. The van der Waals surface area contributed by atoms with E-state index in [-0.39, 0.29) is 5.75 Å². The molecule has 0 saturated carbocycles. The molecule has 0 radical (unpaired) electrons. The maximum Gasteiger partial charge on any atom is 0.313 e. The second kappa shape index (κ2) is 5.86. The topological polar surface area (TPSA) is 55.1 Å². The highest BCUT2D eigenvalue weighted by atomic mass is 35.5. The lowest BCUT2D eigenvalue weighted by Gasteiger charge is -2.08. The molecule has 0 spiro atoms. The zero-order chi connectivity index (χ0) is 14.0. The molecular weight excluding hydrogens is 307 g/mol. The van der Waals surface area contributed by atoms with Gasteiger partial charge in [-0.3, -0.25) is 9.36 Å². The van der Waals surface area contributed by atoms with Crippen LogP contribution < -0.4 is 0 Å². The van der Waals surface area contributed by atoms with Crippen molar-refractivity contribution in [2.45, 2.75) is 12.1 Å². The van der Waals surface area contributed by atoms with E-state index in [0.717, 1.165) is 23.1 Å². The van der Waals surface area contributed by atoms with Gasteiger partial charge in [-0.25, -0.2) is 4.98 Å². The number of nitrogens with zero attached hydrogens (tertiary/aromatic N) is 2. The second-order valence-electron chi connectivity index (χ2n) is 3.81. The molecule has 0 bridgehead atoms. The molecule has 4 nitrogen and oxygen atoms in total. The molecule has 0 fully saturated rings. The average Bonchev–Trinajstić information content (AvgIpc) is 2.67. The first-order chi connectivity index (χ1) is 8.97. The number of carboxylic acid groups (broad SMARTS) is 1. The summed E-state index contributed by atoms with van der Waals surface area (Å²) < 4.78 is 1.77. The van der Waals surface area contributed by atoms with Crippen LogP contribution in [0.5, 0.6) is 0 Å². The van der Waals surface area contributed by atoms with Crippen molar-refractivity contribution < 1.29 is 9.90 Å². The van der Waals surface area contributed by atoms with Crippen molar-refractivity contribution in [3.8, 4) is 5.69 Å². The van der Waals surface area contributed by atoms with Crippen LogP contribution in [-0.4, -0.2) is 26.4 Å². The molecule has 1 aromatic heterocycles. The summed E-state index contributed by atoms with van der Waals surface area (Å²) in [4.78, 5) is 14.9. The summed E-state index contributed by atoms with van der Waals surface area (Å²) in [6.07, 6.45) is 1.80. The minimum Gasteiger partial charge on any atom is -0.481 e. The smallest absolute Gasteiger partial charge is 0.313 e. The first kappa shape index (κ1) is 14.2. The predicted octanol–water partition coefficient (Wildman–Crippen LogP) is 3.66. The number of thioether (sulfide) groups is 1. The van der Waals surface area contributed by atoms with E-state index in [1.165, 1.54) is 0 Å². The van der Waals surface area contributed by atoms with E-state index in [1.54, 1.807) is 29.0 Å². The van der Waals surface area contributed by atoms with Gasteiger partial charge in [0.15, 0.2) is 5.16 Å². The Labute approximate surface area is 124 Å². The Bertz CT molecular complexity index is 628. The Hall–Kier alpha value is -1.17. The Morgan fingerprint density at radius 2 is 2.21 bits per heavy atom. The fraction of sp³-hybridized carbons (Fsp3) is 0.167. The first-order valence-corrected chi connectivity index (χ1v) is 7.07. The van der Waals surface area contributed by atoms with Crippen LogP contribution in [0, 0.1) is 6.92 Å². The highest BCUT2D eigenvalue weighted by Gasteiger charge is 2.12. The molecule has 0 saturated heterocycles. The molecule has 2 rings (SSSR count). The summed E-state index contributed by atoms with van der Waals surface area (Å²) in [7, 11) is 0. The van der Waals surface area contributed by atoms with Crippen LogP contribution in [0.25, 0.3) is 5.69 Å². The summed E-state index contributed by atoms with van der Waals surface area (Å²) >= 11 is 13.2. The predicted molar refractivity (Wildman–Crippen MR) is 76.7 cm³/mol. The SMILES string of the molecule is Cc1cn(-c2ccc(Cl)cc2Cl)c(SCC(=O)O)n1. The lowest BCUT2D eigenvalue weighted by Crippen LogP contribution is -2.01. The van der Waals surface area contributed by atoms with Crippen molar-refractivity contribution in [1.82, 2.24) is 9.55 Å². The van der Waals surface area contributed by atoms with Gasteiger partial charge >= 0.3 is 5.97 Å². The van der Waals surface area contributed by atoms with E-state index in [2.05, 4.69) is 4.98 Å². The van der Waals surface area contributed by atoms with Crippen LogP contribution in [0.3, 0.4) is 0 Å². The number of carboxylic acids is 1. The van der Waals surface area contributed by atoms with Gasteiger partial charge in [0, 0.05) is 11.2 Å². The van der Waals surface area contributed by atoms with Gasteiger partial charge in [0.25, 0.3) is 0 Å². The normalized spacial score (nSPS) is 10.7. The quantitative estimate of drug-likeness (QED) is 0.874. The molecule has 0 atom stereocenters. The summed E-state index contributed by atoms with van der Waals surface area (Å²) in [5.74, 6) is -0.943.